The van der Waals surface area contributed by atoms with Crippen LogP contribution in [0.3, 0.4) is 0 Å². The fourth-order valence-corrected chi connectivity index (χ4v) is 4.06. The maximum atomic E-state index is 12.2. The number of halogens is 1. The van der Waals surface area contributed by atoms with Crippen LogP contribution in [0.25, 0.3) is 11.3 Å². The number of nitrogens with zero attached hydrogens (tertiary/aromatic N) is 3. The van der Waals surface area contributed by atoms with Crippen molar-refractivity contribution in [3.63, 3.8) is 0 Å². The standard InChI is InChI=1S/C19H17BrN4O3S2/c1-3-27-18(26)17-11(2)21-19(29-17)22-15(25)10-28-16-9-8-14(23-24-16)12-4-6-13(20)7-5-12/h4-9H,3,10H2,1-2H3,(H,21,22,25). The van der Waals surface area contributed by atoms with Crippen LogP contribution in [0.1, 0.15) is 22.3 Å². The zero-order valence-electron chi connectivity index (χ0n) is 15.6. The van der Waals surface area contributed by atoms with E-state index >= 15 is 0 Å². The average Bonchev–Trinajstić information content (AvgIpc) is 3.08. The molecule has 0 saturated heterocycles. The molecule has 29 heavy (non-hydrogen) atoms. The summed E-state index contributed by atoms with van der Waals surface area (Å²) in [6, 6.07) is 11.5. The van der Waals surface area contributed by atoms with Crippen molar-refractivity contribution >= 4 is 56.0 Å². The van der Waals surface area contributed by atoms with Gasteiger partial charge in [0.05, 0.1) is 23.7 Å². The summed E-state index contributed by atoms with van der Waals surface area (Å²) in [4.78, 5) is 28.6. The molecule has 0 atom stereocenters. The predicted octanol–water partition coefficient (Wildman–Crippen LogP) is 4.58. The van der Waals surface area contributed by atoms with Crippen molar-refractivity contribution in [1.29, 1.82) is 0 Å². The summed E-state index contributed by atoms with van der Waals surface area (Å²) in [6.45, 7) is 3.73. The summed E-state index contributed by atoms with van der Waals surface area (Å²) in [7, 11) is 0. The summed E-state index contributed by atoms with van der Waals surface area (Å²) < 4.78 is 5.97. The molecule has 2 aromatic heterocycles. The zero-order valence-corrected chi connectivity index (χ0v) is 18.9. The number of amides is 1. The summed E-state index contributed by atoms with van der Waals surface area (Å²) in [6.07, 6.45) is 0. The lowest BCUT2D eigenvalue weighted by Crippen LogP contribution is -2.14. The monoisotopic (exact) mass is 492 g/mol. The van der Waals surface area contributed by atoms with E-state index in [9.17, 15) is 9.59 Å². The lowest BCUT2D eigenvalue weighted by atomic mass is 10.1. The molecule has 1 N–H and O–H groups in total. The Bertz CT molecular complexity index is 1010. The molecule has 10 heteroatoms. The van der Waals surface area contributed by atoms with Crippen LogP contribution in [0.5, 0.6) is 0 Å². The molecule has 2 heterocycles. The second-order valence-corrected chi connectivity index (χ2v) is 8.66. The van der Waals surface area contributed by atoms with Crippen LogP contribution in [0, 0.1) is 6.92 Å². The van der Waals surface area contributed by atoms with Crippen molar-refractivity contribution < 1.29 is 14.3 Å². The Morgan fingerprint density at radius 3 is 2.59 bits per heavy atom. The van der Waals surface area contributed by atoms with E-state index in [0.29, 0.717) is 20.7 Å². The van der Waals surface area contributed by atoms with Crippen molar-refractivity contribution in [2.45, 2.75) is 18.9 Å². The molecule has 7 nitrogen and oxygen atoms in total. The number of benzene rings is 1. The van der Waals surface area contributed by atoms with Crippen molar-refractivity contribution in [2.75, 3.05) is 17.7 Å². The Kier molecular flexibility index (Phi) is 7.34. The molecular formula is C19H17BrN4O3S2. The van der Waals surface area contributed by atoms with Crippen molar-refractivity contribution in [1.82, 2.24) is 15.2 Å². The van der Waals surface area contributed by atoms with Crippen LogP contribution >= 0.6 is 39.0 Å². The van der Waals surface area contributed by atoms with Crippen LogP contribution in [0.2, 0.25) is 0 Å². The SMILES string of the molecule is CCOC(=O)c1sc(NC(=O)CSc2ccc(-c3ccc(Br)cc3)nn2)nc1C. The number of aryl methyl sites for hydroxylation is 1. The summed E-state index contributed by atoms with van der Waals surface area (Å²) in [5.41, 5.74) is 2.26. The van der Waals surface area contributed by atoms with Crippen LogP contribution < -0.4 is 5.32 Å². The number of ether oxygens (including phenoxy) is 1. The van der Waals surface area contributed by atoms with E-state index in [1.165, 1.54) is 11.8 Å². The first-order chi connectivity index (χ1) is 14.0. The molecule has 0 unspecified atom stereocenters. The minimum atomic E-state index is -0.432. The largest absolute Gasteiger partial charge is 0.462 e. The predicted molar refractivity (Wildman–Crippen MR) is 117 cm³/mol. The number of hydrogen-bond acceptors (Lipinski definition) is 8. The number of carbonyl (C=O) groups excluding carboxylic acids is 2. The third-order valence-corrected chi connectivity index (χ3v) is 6.14. The van der Waals surface area contributed by atoms with E-state index < -0.39 is 5.97 Å². The number of rotatable bonds is 7. The number of carbonyl (C=O) groups is 2. The van der Waals surface area contributed by atoms with Gasteiger partial charge in [-0.2, -0.15) is 0 Å². The van der Waals surface area contributed by atoms with Crippen LogP contribution in [0.15, 0.2) is 45.9 Å². The Balaban J connectivity index is 1.55. The number of thioether (sulfide) groups is 1. The lowest BCUT2D eigenvalue weighted by molar-refractivity contribution is -0.113. The molecule has 0 saturated carbocycles. The number of esters is 1. The maximum Gasteiger partial charge on any atom is 0.350 e. The van der Waals surface area contributed by atoms with Gasteiger partial charge in [-0.25, -0.2) is 9.78 Å². The first-order valence-electron chi connectivity index (χ1n) is 8.63. The number of nitrogens with one attached hydrogen (secondary N) is 1. The Labute approximate surface area is 184 Å². The van der Waals surface area contributed by atoms with Gasteiger partial charge in [0.2, 0.25) is 5.91 Å². The highest BCUT2D eigenvalue weighted by atomic mass is 79.9. The molecule has 0 aliphatic rings. The van der Waals surface area contributed by atoms with E-state index in [4.69, 9.17) is 4.74 Å². The fourth-order valence-electron chi connectivity index (χ4n) is 2.30. The van der Waals surface area contributed by atoms with E-state index in [2.05, 4.69) is 36.4 Å². The molecule has 0 aliphatic heterocycles. The van der Waals surface area contributed by atoms with Gasteiger partial charge in [-0.3, -0.25) is 4.79 Å². The number of thiazole rings is 1. The second-order valence-electron chi connectivity index (χ2n) is 5.75. The quantitative estimate of drug-likeness (QED) is 0.380. The van der Waals surface area contributed by atoms with E-state index in [-0.39, 0.29) is 18.3 Å². The molecule has 1 aromatic carbocycles. The molecule has 3 aromatic rings. The number of anilines is 1. The first kappa shape index (κ1) is 21.4. The maximum absolute atomic E-state index is 12.2. The minimum Gasteiger partial charge on any atom is -0.462 e. The third-order valence-electron chi connectivity index (χ3n) is 3.63. The zero-order chi connectivity index (χ0) is 20.8. The van der Waals surface area contributed by atoms with Gasteiger partial charge >= 0.3 is 5.97 Å². The van der Waals surface area contributed by atoms with Crippen LogP contribution in [-0.2, 0) is 9.53 Å². The highest BCUT2D eigenvalue weighted by Gasteiger charge is 2.17. The van der Waals surface area contributed by atoms with E-state index in [1.54, 1.807) is 13.8 Å². The summed E-state index contributed by atoms with van der Waals surface area (Å²) >= 11 is 5.77. The Hall–Kier alpha value is -2.30. The molecule has 1 amide bonds. The molecule has 0 bridgehead atoms. The van der Waals surface area contributed by atoms with Crippen LogP contribution in [0.4, 0.5) is 5.13 Å². The Morgan fingerprint density at radius 1 is 1.17 bits per heavy atom. The molecular weight excluding hydrogens is 476 g/mol. The highest BCUT2D eigenvalue weighted by Crippen LogP contribution is 2.25. The molecule has 0 aliphatic carbocycles. The Morgan fingerprint density at radius 2 is 1.93 bits per heavy atom. The molecule has 0 fully saturated rings. The van der Waals surface area contributed by atoms with Gasteiger partial charge in [0.1, 0.15) is 9.90 Å². The van der Waals surface area contributed by atoms with Crippen molar-refractivity contribution in [2.24, 2.45) is 0 Å². The smallest absolute Gasteiger partial charge is 0.350 e. The normalized spacial score (nSPS) is 10.6. The fraction of sp³-hybridized carbons (Fsp3) is 0.211. The van der Waals surface area contributed by atoms with Gasteiger partial charge in [0.15, 0.2) is 5.13 Å². The van der Waals surface area contributed by atoms with Gasteiger partial charge in [0.25, 0.3) is 0 Å². The van der Waals surface area contributed by atoms with Crippen molar-refractivity contribution in [3.8, 4) is 11.3 Å². The van der Waals surface area contributed by atoms with E-state index in [1.807, 2.05) is 36.4 Å². The average molecular weight is 493 g/mol. The summed E-state index contributed by atoms with van der Waals surface area (Å²) in [5, 5.41) is 12.1. The number of aromatic nitrogens is 3. The number of hydrogen-bond donors (Lipinski definition) is 1. The molecule has 0 spiro atoms. The lowest BCUT2D eigenvalue weighted by Gasteiger charge is -2.03. The molecule has 0 radical (unpaired) electrons. The van der Waals surface area contributed by atoms with Gasteiger partial charge < -0.3 is 10.1 Å². The van der Waals surface area contributed by atoms with Crippen LogP contribution in [-0.4, -0.2) is 39.4 Å². The van der Waals surface area contributed by atoms with Gasteiger partial charge in [0, 0.05) is 10.0 Å². The topological polar surface area (TPSA) is 94.1 Å². The van der Waals surface area contributed by atoms with E-state index in [0.717, 1.165) is 27.1 Å². The minimum absolute atomic E-state index is 0.152. The first-order valence-corrected chi connectivity index (χ1v) is 11.2. The van der Waals surface area contributed by atoms with Crippen molar-refractivity contribution in [3.05, 3.63) is 51.4 Å². The van der Waals surface area contributed by atoms with Gasteiger partial charge in [-0.1, -0.05) is 51.2 Å². The molecule has 3 rings (SSSR count). The van der Waals surface area contributed by atoms with Gasteiger partial charge in [-0.15, -0.1) is 10.2 Å². The summed E-state index contributed by atoms with van der Waals surface area (Å²) in [5.74, 6) is -0.517. The second kappa shape index (κ2) is 9.95. The third kappa shape index (κ3) is 5.84. The molecule has 150 valence electrons. The van der Waals surface area contributed by atoms with Gasteiger partial charge in [-0.05, 0) is 38.1 Å². The highest BCUT2D eigenvalue weighted by molar-refractivity contribution is 9.10.